The molecule has 94 valence electrons. The fraction of sp³-hybridized carbons (Fsp3) is 0.909. The third kappa shape index (κ3) is 4.18. The maximum atomic E-state index is 11.6. The van der Waals surface area contributed by atoms with Crippen LogP contribution in [0.3, 0.4) is 0 Å². The van der Waals surface area contributed by atoms with E-state index in [9.17, 15) is 4.79 Å². The summed E-state index contributed by atoms with van der Waals surface area (Å²) in [6.45, 7) is 3.48. The molecule has 0 bridgehead atoms. The first-order valence-corrected chi connectivity index (χ1v) is 6.84. The first-order chi connectivity index (χ1) is 7.69. The first-order valence-electron chi connectivity index (χ1n) is 5.60. The summed E-state index contributed by atoms with van der Waals surface area (Å²) in [7, 11) is 1.65. The molecule has 1 rings (SSSR count). The summed E-state index contributed by atoms with van der Waals surface area (Å²) in [5, 5.41) is 0. The normalized spacial score (nSPS) is 29.3. The Kier molecular flexibility index (Phi) is 6.60. The van der Waals surface area contributed by atoms with Crippen molar-refractivity contribution in [3.8, 4) is 0 Å². The molecule has 1 fully saturated rings. The number of halogens is 1. The Hall–Kier alpha value is 0.120. The lowest BCUT2D eigenvalue weighted by Crippen LogP contribution is -2.20. The molecule has 5 heteroatoms. The monoisotopic (exact) mass is 342 g/mol. The molecule has 1 aliphatic rings. The van der Waals surface area contributed by atoms with Crippen LogP contribution in [-0.2, 0) is 19.0 Å². The van der Waals surface area contributed by atoms with Gasteiger partial charge in [0.15, 0.2) is 0 Å². The number of esters is 1. The molecule has 1 aliphatic carbocycles. The van der Waals surface area contributed by atoms with Gasteiger partial charge >= 0.3 is 5.97 Å². The van der Waals surface area contributed by atoms with Crippen molar-refractivity contribution in [1.29, 1.82) is 0 Å². The predicted octanol–water partition coefficient (Wildman–Crippen LogP) is 1.79. The van der Waals surface area contributed by atoms with Crippen LogP contribution >= 0.6 is 22.6 Å². The number of ether oxygens (including phenoxy) is 3. The summed E-state index contributed by atoms with van der Waals surface area (Å²) in [6.07, 6.45) is 1.79. The highest BCUT2D eigenvalue weighted by molar-refractivity contribution is 14.1. The zero-order valence-corrected chi connectivity index (χ0v) is 11.9. The van der Waals surface area contributed by atoms with Crippen molar-refractivity contribution >= 4 is 28.6 Å². The SMILES string of the molecule is CCOC(=O)C1CC(I)C(OCCOC)C1. The average molecular weight is 342 g/mol. The minimum absolute atomic E-state index is 0.00870. The molecule has 0 heterocycles. The molecule has 0 aromatic rings. The lowest BCUT2D eigenvalue weighted by molar-refractivity contribution is -0.148. The fourth-order valence-electron chi connectivity index (χ4n) is 1.86. The van der Waals surface area contributed by atoms with Gasteiger partial charge in [-0.15, -0.1) is 0 Å². The zero-order chi connectivity index (χ0) is 12.0. The number of hydrogen-bond donors (Lipinski definition) is 0. The van der Waals surface area contributed by atoms with Crippen LogP contribution in [-0.4, -0.2) is 42.9 Å². The molecule has 0 radical (unpaired) electrons. The van der Waals surface area contributed by atoms with Crippen LogP contribution in [0.15, 0.2) is 0 Å². The van der Waals surface area contributed by atoms with Gasteiger partial charge in [0.1, 0.15) is 0 Å². The van der Waals surface area contributed by atoms with E-state index in [0.29, 0.717) is 23.7 Å². The van der Waals surface area contributed by atoms with Crippen LogP contribution in [0.25, 0.3) is 0 Å². The van der Waals surface area contributed by atoms with Gasteiger partial charge in [-0.05, 0) is 19.8 Å². The van der Waals surface area contributed by atoms with Gasteiger partial charge in [-0.25, -0.2) is 0 Å². The highest BCUT2D eigenvalue weighted by Gasteiger charge is 2.37. The van der Waals surface area contributed by atoms with Crippen molar-refractivity contribution in [1.82, 2.24) is 0 Å². The molecular weight excluding hydrogens is 323 g/mol. The maximum Gasteiger partial charge on any atom is 0.309 e. The van der Waals surface area contributed by atoms with Gasteiger partial charge in [0, 0.05) is 11.0 Å². The average Bonchev–Trinajstić information content (AvgIpc) is 2.61. The van der Waals surface area contributed by atoms with E-state index in [1.807, 2.05) is 6.92 Å². The summed E-state index contributed by atoms with van der Waals surface area (Å²) >= 11 is 2.35. The van der Waals surface area contributed by atoms with Crippen LogP contribution in [0, 0.1) is 5.92 Å². The van der Waals surface area contributed by atoms with Gasteiger partial charge in [-0.2, -0.15) is 0 Å². The van der Waals surface area contributed by atoms with Crippen LogP contribution in [0.1, 0.15) is 19.8 Å². The first kappa shape index (κ1) is 14.2. The largest absolute Gasteiger partial charge is 0.466 e. The molecule has 0 spiro atoms. The molecule has 0 N–H and O–H groups in total. The Bertz CT molecular complexity index is 222. The van der Waals surface area contributed by atoms with Crippen molar-refractivity contribution < 1.29 is 19.0 Å². The molecule has 1 saturated carbocycles. The van der Waals surface area contributed by atoms with Crippen molar-refractivity contribution in [2.75, 3.05) is 26.9 Å². The Morgan fingerprint density at radius 2 is 2.12 bits per heavy atom. The van der Waals surface area contributed by atoms with Crippen molar-refractivity contribution in [3.05, 3.63) is 0 Å². The standard InChI is InChI=1S/C11H19IO4/c1-3-15-11(13)8-6-9(12)10(7-8)16-5-4-14-2/h8-10H,3-7H2,1-2H3. The molecule has 0 aromatic heterocycles. The highest BCUT2D eigenvalue weighted by atomic mass is 127. The van der Waals surface area contributed by atoms with Gasteiger partial charge in [0.25, 0.3) is 0 Å². The lowest BCUT2D eigenvalue weighted by Gasteiger charge is -2.14. The summed E-state index contributed by atoms with van der Waals surface area (Å²) in [6, 6.07) is 0. The minimum Gasteiger partial charge on any atom is -0.466 e. The van der Waals surface area contributed by atoms with Crippen LogP contribution in [0.5, 0.6) is 0 Å². The van der Waals surface area contributed by atoms with E-state index in [-0.39, 0.29) is 18.0 Å². The number of alkyl halides is 1. The van der Waals surface area contributed by atoms with E-state index in [0.717, 1.165) is 12.8 Å². The van der Waals surface area contributed by atoms with Gasteiger partial charge < -0.3 is 14.2 Å². The van der Waals surface area contributed by atoms with Crippen LogP contribution < -0.4 is 0 Å². The third-order valence-corrected chi connectivity index (χ3v) is 3.98. The second-order valence-corrected chi connectivity index (χ2v) is 5.44. The topological polar surface area (TPSA) is 44.8 Å². The van der Waals surface area contributed by atoms with Gasteiger partial charge in [0.2, 0.25) is 0 Å². The molecule has 3 atom stereocenters. The molecule has 0 aromatic carbocycles. The van der Waals surface area contributed by atoms with Gasteiger partial charge in [-0.1, -0.05) is 22.6 Å². The summed E-state index contributed by atoms with van der Waals surface area (Å²) < 4.78 is 16.0. The highest BCUT2D eigenvalue weighted by Crippen LogP contribution is 2.34. The molecule has 0 saturated heterocycles. The summed E-state index contributed by atoms with van der Waals surface area (Å²) in [4.78, 5) is 11.6. The molecular formula is C11H19IO4. The molecule has 4 nitrogen and oxygen atoms in total. The number of rotatable bonds is 6. The van der Waals surface area contributed by atoms with Crippen molar-refractivity contribution in [3.63, 3.8) is 0 Å². The van der Waals surface area contributed by atoms with Gasteiger partial charge in [-0.3, -0.25) is 4.79 Å². The Labute approximate surface area is 110 Å². The quantitative estimate of drug-likeness (QED) is 0.320. The summed E-state index contributed by atoms with van der Waals surface area (Å²) in [5.41, 5.74) is 0. The Balaban J connectivity index is 2.32. The Morgan fingerprint density at radius 3 is 2.75 bits per heavy atom. The maximum absolute atomic E-state index is 11.6. The third-order valence-electron chi connectivity index (χ3n) is 2.67. The predicted molar refractivity (Wildman–Crippen MR) is 68.8 cm³/mol. The van der Waals surface area contributed by atoms with E-state index < -0.39 is 0 Å². The molecule has 0 aliphatic heterocycles. The fourth-order valence-corrected chi connectivity index (χ4v) is 2.97. The zero-order valence-electron chi connectivity index (χ0n) is 9.78. The van der Waals surface area contributed by atoms with Crippen LogP contribution in [0.4, 0.5) is 0 Å². The number of methoxy groups -OCH3 is 1. The molecule has 0 amide bonds. The second-order valence-electron chi connectivity index (χ2n) is 3.84. The van der Waals surface area contributed by atoms with E-state index in [2.05, 4.69) is 22.6 Å². The smallest absolute Gasteiger partial charge is 0.309 e. The van der Waals surface area contributed by atoms with Gasteiger partial charge in [0.05, 0.1) is 31.8 Å². The van der Waals surface area contributed by atoms with Crippen LogP contribution in [0.2, 0.25) is 0 Å². The number of carbonyl (C=O) groups is 1. The molecule has 16 heavy (non-hydrogen) atoms. The Morgan fingerprint density at radius 1 is 1.38 bits per heavy atom. The van der Waals surface area contributed by atoms with E-state index in [4.69, 9.17) is 14.2 Å². The van der Waals surface area contributed by atoms with Crippen molar-refractivity contribution in [2.24, 2.45) is 5.92 Å². The lowest BCUT2D eigenvalue weighted by atomic mass is 10.1. The van der Waals surface area contributed by atoms with E-state index in [1.165, 1.54) is 0 Å². The number of hydrogen-bond acceptors (Lipinski definition) is 4. The second kappa shape index (κ2) is 7.45. The van der Waals surface area contributed by atoms with E-state index in [1.54, 1.807) is 7.11 Å². The summed E-state index contributed by atoms with van der Waals surface area (Å²) in [5.74, 6) is -0.0728. The molecule has 3 unspecified atom stereocenters. The minimum atomic E-state index is -0.0815. The van der Waals surface area contributed by atoms with E-state index >= 15 is 0 Å². The number of carbonyl (C=O) groups excluding carboxylic acids is 1. The van der Waals surface area contributed by atoms with Crippen molar-refractivity contribution in [2.45, 2.75) is 29.8 Å².